The third kappa shape index (κ3) is 43.4. The zero-order valence-corrected chi connectivity index (χ0v) is 21.6. The van der Waals surface area contributed by atoms with Gasteiger partial charge in [-0.1, -0.05) is 40.0 Å². The lowest BCUT2D eigenvalue weighted by atomic mass is 10.2. The Morgan fingerprint density at radius 3 is 0.719 bits per heavy atom. The van der Waals surface area contributed by atoms with E-state index in [9.17, 15) is 34.5 Å². The molecule has 0 spiro atoms. The Balaban J connectivity index is -0.000000183. The maximum absolute atomic E-state index is 9.75. The highest BCUT2D eigenvalue weighted by molar-refractivity contribution is 6.50. The second kappa shape index (κ2) is 21.1. The first-order valence-corrected chi connectivity index (χ1v) is 11.8. The van der Waals surface area contributed by atoms with Crippen LogP contribution in [0.25, 0.3) is 0 Å². The van der Waals surface area contributed by atoms with Gasteiger partial charge in [-0.25, -0.2) is 0 Å². The topological polar surface area (TPSA) is 0 Å². The van der Waals surface area contributed by atoms with Crippen LogP contribution in [0.3, 0.4) is 0 Å². The Bertz CT molecular complexity index is 337. The summed E-state index contributed by atoms with van der Waals surface area (Å²) in [4.78, 5) is 0. The number of hydrogen-bond acceptors (Lipinski definition) is 0. The summed E-state index contributed by atoms with van der Waals surface area (Å²) >= 11 is 0. The lowest BCUT2D eigenvalue weighted by molar-refractivity contribution is -0.910. The van der Waals surface area contributed by atoms with Gasteiger partial charge in [0.05, 0.1) is 53.4 Å². The zero-order valence-electron chi connectivity index (χ0n) is 21.6. The average Bonchev–Trinajstić information content (AvgIpc) is 2.67. The molecule has 0 aliphatic rings. The van der Waals surface area contributed by atoms with Gasteiger partial charge in [0.2, 0.25) is 0 Å². The van der Waals surface area contributed by atoms with Crippen LogP contribution in [-0.4, -0.2) is 76.8 Å². The Morgan fingerprint density at radius 2 is 0.625 bits per heavy atom. The maximum atomic E-state index is 9.75. The lowest BCUT2D eigenvalue weighted by Gasteiger charge is -2.34. The van der Waals surface area contributed by atoms with Gasteiger partial charge >= 0.3 is 14.5 Å². The number of hydrogen-bond donors (Lipinski definition) is 0. The molecule has 0 radical (unpaired) electrons. The Labute approximate surface area is 192 Å². The fraction of sp³-hybridized carbons (Fsp3) is 1.00. The first-order chi connectivity index (χ1) is 14.4. The molecule has 0 aromatic carbocycles. The van der Waals surface area contributed by atoms with Crippen molar-refractivity contribution in [2.24, 2.45) is 0 Å². The van der Waals surface area contributed by atoms with E-state index in [1.165, 1.54) is 86.8 Å². The summed E-state index contributed by atoms with van der Waals surface area (Å²) in [5.41, 5.74) is 0. The van der Waals surface area contributed by atoms with Gasteiger partial charge in [-0.15, -0.1) is 0 Å². The van der Waals surface area contributed by atoms with Crippen LogP contribution < -0.4 is 0 Å². The van der Waals surface area contributed by atoms with Crippen molar-refractivity contribution in [3.05, 3.63) is 0 Å². The standard InChI is InChI=1S/C13H30N.C7H18N.2BF4/c1-5-8-11-14(4,12-9-6-2)13-10-7-3;1-5-8(4,6-2)7-3;2*2-1(3,4)5/h5-13H2,1-4H3;5-7H2,1-4H3;;/q2*+1;2*-1. The molecule has 0 aromatic heterocycles. The second-order valence-corrected chi connectivity index (χ2v) is 8.41. The maximum Gasteiger partial charge on any atom is 0.673 e. The van der Waals surface area contributed by atoms with Crippen LogP contribution in [0.1, 0.15) is 80.1 Å². The molecule has 0 bridgehead atoms. The van der Waals surface area contributed by atoms with Crippen LogP contribution >= 0.6 is 0 Å². The van der Waals surface area contributed by atoms with Crippen molar-refractivity contribution in [3.63, 3.8) is 0 Å². The minimum absolute atomic E-state index is 1.21. The summed E-state index contributed by atoms with van der Waals surface area (Å²) in [5, 5.41) is 0. The molecule has 0 rings (SSSR count). The smallest absolute Gasteiger partial charge is 0.418 e. The van der Waals surface area contributed by atoms with Crippen LogP contribution in [0.4, 0.5) is 34.5 Å². The van der Waals surface area contributed by atoms with Gasteiger partial charge in [0.15, 0.2) is 0 Å². The monoisotopic (exact) mass is 490 g/mol. The average molecular weight is 490 g/mol. The molecule has 0 N–H and O–H groups in total. The van der Waals surface area contributed by atoms with E-state index in [4.69, 9.17) is 0 Å². The van der Waals surface area contributed by atoms with E-state index in [2.05, 4.69) is 55.6 Å². The SMILES string of the molecule is CCCC[N+](C)(CCCC)CCCC.CC[N+](C)(CC)CC.F[B-](F)(F)F.F[B-](F)(F)F. The minimum Gasteiger partial charge on any atom is -0.418 e. The van der Waals surface area contributed by atoms with Gasteiger partial charge in [-0.3, -0.25) is 0 Å². The van der Waals surface area contributed by atoms with E-state index in [1.54, 1.807) is 0 Å². The van der Waals surface area contributed by atoms with Crippen LogP contribution in [0.15, 0.2) is 0 Å². The molecule has 0 saturated heterocycles. The van der Waals surface area contributed by atoms with E-state index in [1.807, 2.05) is 0 Å². The summed E-state index contributed by atoms with van der Waals surface area (Å²) in [6.07, 6.45) is 8.20. The molecule has 0 amide bonds. The normalized spacial score (nSPS) is 12.0. The van der Waals surface area contributed by atoms with Crippen LogP contribution in [0.2, 0.25) is 0 Å². The molecular formula is C20H48B2F8N2. The largest absolute Gasteiger partial charge is 0.673 e. The number of quaternary nitrogens is 2. The first-order valence-electron chi connectivity index (χ1n) is 11.8. The second-order valence-electron chi connectivity index (χ2n) is 8.41. The number of rotatable bonds is 12. The molecular weight excluding hydrogens is 442 g/mol. The minimum atomic E-state index is -6.00. The molecule has 12 heteroatoms. The predicted molar refractivity (Wildman–Crippen MR) is 124 cm³/mol. The summed E-state index contributed by atoms with van der Waals surface area (Å²) in [6, 6.07) is 0. The molecule has 0 unspecified atom stereocenters. The van der Waals surface area contributed by atoms with Crippen molar-refractivity contribution in [3.8, 4) is 0 Å². The summed E-state index contributed by atoms with van der Waals surface area (Å²) in [7, 11) is -7.26. The van der Waals surface area contributed by atoms with Crippen molar-refractivity contribution in [1.29, 1.82) is 0 Å². The number of nitrogens with zero attached hydrogens (tertiary/aromatic N) is 2. The van der Waals surface area contributed by atoms with E-state index in [0.29, 0.717) is 0 Å². The molecule has 0 atom stereocenters. The van der Waals surface area contributed by atoms with Gasteiger partial charge in [-0.2, -0.15) is 0 Å². The highest BCUT2D eigenvalue weighted by Crippen LogP contribution is 2.11. The van der Waals surface area contributed by atoms with Crippen molar-refractivity contribution in [2.75, 3.05) is 53.4 Å². The van der Waals surface area contributed by atoms with Crippen LogP contribution in [0, 0.1) is 0 Å². The van der Waals surface area contributed by atoms with Crippen molar-refractivity contribution >= 4 is 14.5 Å². The molecule has 0 aliphatic heterocycles. The third-order valence-corrected chi connectivity index (χ3v) is 5.44. The highest BCUT2D eigenvalue weighted by atomic mass is 19.5. The third-order valence-electron chi connectivity index (χ3n) is 5.44. The molecule has 0 fully saturated rings. The Kier molecular flexibility index (Phi) is 25.5. The Morgan fingerprint density at radius 1 is 0.438 bits per heavy atom. The quantitative estimate of drug-likeness (QED) is 0.148. The summed E-state index contributed by atoms with van der Waals surface area (Å²) in [5.74, 6) is 0. The number of halogens is 8. The lowest BCUT2D eigenvalue weighted by Crippen LogP contribution is -2.46. The van der Waals surface area contributed by atoms with Crippen LogP contribution in [0.5, 0.6) is 0 Å². The molecule has 32 heavy (non-hydrogen) atoms. The molecule has 2 nitrogen and oxygen atoms in total. The van der Waals surface area contributed by atoms with Gasteiger partial charge in [0.1, 0.15) is 0 Å². The fourth-order valence-corrected chi connectivity index (χ4v) is 2.63. The summed E-state index contributed by atoms with van der Waals surface area (Å²) in [6.45, 7) is 21.5. The van der Waals surface area contributed by atoms with Crippen LogP contribution in [-0.2, 0) is 0 Å². The molecule has 0 saturated carbocycles. The molecule has 200 valence electrons. The van der Waals surface area contributed by atoms with E-state index in [-0.39, 0.29) is 0 Å². The van der Waals surface area contributed by atoms with E-state index in [0.717, 1.165) is 0 Å². The Hall–Kier alpha value is -0.510. The highest BCUT2D eigenvalue weighted by Gasteiger charge is 2.21. The van der Waals surface area contributed by atoms with Gasteiger partial charge in [0.25, 0.3) is 0 Å². The van der Waals surface area contributed by atoms with Gasteiger partial charge in [-0.05, 0) is 40.0 Å². The van der Waals surface area contributed by atoms with Crippen molar-refractivity contribution in [1.82, 2.24) is 0 Å². The number of unbranched alkanes of at least 4 members (excludes halogenated alkanes) is 3. The molecule has 0 heterocycles. The van der Waals surface area contributed by atoms with Gasteiger partial charge in [0, 0.05) is 0 Å². The van der Waals surface area contributed by atoms with E-state index >= 15 is 0 Å². The zero-order chi connectivity index (χ0) is 26.5. The summed E-state index contributed by atoms with van der Waals surface area (Å²) < 4.78 is 80.5. The van der Waals surface area contributed by atoms with Crippen molar-refractivity contribution in [2.45, 2.75) is 80.1 Å². The van der Waals surface area contributed by atoms with E-state index < -0.39 is 14.5 Å². The molecule has 0 aliphatic carbocycles. The fourth-order valence-electron chi connectivity index (χ4n) is 2.63. The van der Waals surface area contributed by atoms with Crippen molar-refractivity contribution < 1.29 is 43.5 Å². The van der Waals surface area contributed by atoms with Gasteiger partial charge < -0.3 is 43.5 Å². The first kappa shape index (κ1) is 38.7. The molecule has 0 aromatic rings. The predicted octanol–water partition coefficient (Wildman–Crippen LogP) is 7.93.